The number of hydrogen-bond acceptors (Lipinski definition) is 11. The Morgan fingerprint density at radius 1 is 0.510 bits per heavy atom. The van der Waals surface area contributed by atoms with Gasteiger partial charge in [-0.25, -0.2) is 9.59 Å². The van der Waals surface area contributed by atoms with Crippen molar-refractivity contribution in [1.82, 2.24) is 0 Å². The first-order valence-electron chi connectivity index (χ1n) is 14.8. The van der Waals surface area contributed by atoms with Gasteiger partial charge in [0.25, 0.3) is 0 Å². The highest BCUT2D eigenvalue weighted by atomic mass is 79.9. The number of ether oxygens (including phenoxy) is 5. The molecule has 272 valence electrons. The maximum absolute atomic E-state index is 11.2. The summed E-state index contributed by atoms with van der Waals surface area (Å²) >= 11 is 2.99. The molecule has 0 saturated carbocycles. The first-order chi connectivity index (χ1) is 22.8. The summed E-state index contributed by atoms with van der Waals surface area (Å²) in [6.07, 6.45) is 0.785. The van der Waals surface area contributed by atoms with Crippen LogP contribution in [0.2, 0.25) is 0 Å². The van der Waals surface area contributed by atoms with Gasteiger partial charge in [0.2, 0.25) is 0 Å². The van der Waals surface area contributed by atoms with Crippen LogP contribution in [0.3, 0.4) is 0 Å². The SMILES string of the molecule is CC(C)(C)OC(=O)CBr.CC(C)(C)OC(=O)COCC#CC#CCO.CCC#CC#CCOCC(=O)OC(C)(C)C.OCC#CC#CCO. The van der Waals surface area contributed by atoms with Gasteiger partial charge < -0.3 is 39.0 Å². The highest BCUT2D eigenvalue weighted by molar-refractivity contribution is 9.09. The lowest BCUT2D eigenvalue weighted by Crippen LogP contribution is -2.26. The van der Waals surface area contributed by atoms with Crippen LogP contribution in [0.15, 0.2) is 0 Å². The fraction of sp³-hybridized carbons (Fsp3) is 0.595. The van der Waals surface area contributed by atoms with Crippen LogP contribution in [0.1, 0.15) is 75.7 Å². The molecule has 0 rings (SSSR count). The van der Waals surface area contributed by atoms with E-state index in [1.807, 2.05) is 48.5 Å². The Morgan fingerprint density at radius 2 is 0.796 bits per heavy atom. The van der Waals surface area contributed by atoms with Crippen LogP contribution in [0.4, 0.5) is 0 Å². The lowest BCUT2D eigenvalue weighted by atomic mass is 10.2. The van der Waals surface area contributed by atoms with E-state index in [0.29, 0.717) is 0 Å². The second kappa shape index (κ2) is 33.9. The van der Waals surface area contributed by atoms with Crippen LogP contribution in [0.25, 0.3) is 0 Å². The molecule has 49 heavy (non-hydrogen) atoms. The van der Waals surface area contributed by atoms with Crippen molar-refractivity contribution in [2.75, 3.05) is 51.6 Å². The van der Waals surface area contributed by atoms with Gasteiger partial charge in [-0.1, -0.05) is 58.4 Å². The maximum atomic E-state index is 11.2. The largest absolute Gasteiger partial charge is 0.459 e. The van der Waals surface area contributed by atoms with Crippen LogP contribution in [0, 0.1) is 71.0 Å². The summed E-state index contributed by atoms with van der Waals surface area (Å²) < 4.78 is 24.9. The minimum absolute atomic E-state index is 0.0762. The van der Waals surface area contributed by atoms with E-state index in [2.05, 4.69) is 87.0 Å². The van der Waals surface area contributed by atoms with Gasteiger partial charge in [-0.15, -0.1) is 0 Å². The van der Waals surface area contributed by atoms with Crippen molar-refractivity contribution in [3.05, 3.63) is 0 Å². The van der Waals surface area contributed by atoms with Crippen molar-refractivity contribution in [3.63, 3.8) is 0 Å². The van der Waals surface area contributed by atoms with Crippen molar-refractivity contribution in [2.45, 2.75) is 92.5 Å². The predicted molar refractivity (Wildman–Crippen MR) is 191 cm³/mol. The Balaban J connectivity index is -0.000000288. The van der Waals surface area contributed by atoms with Crippen LogP contribution >= 0.6 is 15.9 Å². The minimum Gasteiger partial charge on any atom is -0.459 e. The normalized spacial score (nSPS) is 9.18. The van der Waals surface area contributed by atoms with E-state index in [-0.39, 0.29) is 69.1 Å². The molecule has 12 heteroatoms. The van der Waals surface area contributed by atoms with Gasteiger partial charge in [-0.3, -0.25) is 4.79 Å². The summed E-state index contributed by atoms with van der Waals surface area (Å²) in [5.41, 5.74) is -1.33. The lowest BCUT2D eigenvalue weighted by Gasteiger charge is -2.19. The predicted octanol–water partition coefficient (Wildman–Crippen LogP) is 2.81. The Bertz CT molecular complexity index is 1220. The summed E-state index contributed by atoms with van der Waals surface area (Å²) in [6.45, 7) is 17.8. The van der Waals surface area contributed by atoms with E-state index in [0.717, 1.165) is 6.42 Å². The van der Waals surface area contributed by atoms with Gasteiger partial charge in [0, 0.05) is 6.42 Å². The molecule has 0 aliphatic rings. The molecule has 0 spiro atoms. The third kappa shape index (κ3) is 59.9. The van der Waals surface area contributed by atoms with E-state index in [1.165, 1.54) is 0 Å². The summed E-state index contributed by atoms with van der Waals surface area (Å²) in [5, 5.41) is 24.7. The van der Waals surface area contributed by atoms with Gasteiger partial charge in [-0.05, 0) is 97.8 Å². The Hall–Kier alpha value is -3.95. The van der Waals surface area contributed by atoms with Crippen LogP contribution in [0.5, 0.6) is 0 Å². The minimum atomic E-state index is -0.501. The van der Waals surface area contributed by atoms with E-state index >= 15 is 0 Å². The number of alkyl halides is 1. The molecule has 0 aromatic heterocycles. The number of aliphatic hydroxyl groups excluding tert-OH is 3. The van der Waals surface area contributed by atoms with E-state index in [1.54, 1.807) is 20.8 Å². The molecule has 0 aliphatic heterocycles. The molecule has 0 heterocycles. The van der Waals surface area contributed by atoms with E-state index in [4.69, 9.17) is 39.0 Å². The third-order valence-corrected chi connectivity index (χ3v) is 3.75. The number of hydrogen-bond donors (Lipinski definition) is 3. The summed E-state index contributed by atoms with van der Waals surface area (Å²) in [4.78, 5) is 32.9. The Kier molecular flexibility index (Phi) is 35.9. The number of carbonyl (C=O) groups is 3. The fourth-order valence-electron chi connectivity index (χ4n) is 2.03. The van der Waals surface area contributed by atoms with Crippen molar-refractivity contribution in [1.29, 1.82) is 0 Å². The lowest BCUT2D eigenvalue weighted by molar-refractivity contribution is -0.160. The Morgan fingerprint density at radius 3 is 1.04 bits per heavy atom. The average Bonchev–Trinajstić information content (AvgIpc) is 2.97. The smallest absolute Gasteiger partial charge is 0.332 e. The molecule has 3 N–H and O–H groups in total. The standard InChI is InChI=1S/C13H18O3.C12H16O4.C6H11BrO2.C6H6O2/c1-5-6-7-8-9-10-15-11-12(14)16-13(2,3)4;1-12(2,3)16-11(14)10-15-9-7-5-4-6-8-13;1-6(2,3)9-5(8)4-7;7-5-3-1-2-4-6-8/h5,10-11H2,1-4H3;13H,8-10H2,1-3H3;4H2,1-3H3;7-8H,5-6H2. The zero-order valence-electron chi connectivity index (χ0n) is 30.3. The number of halogens is 1. The summed E-state index contributed by atoms with van der Waals surface area (Å²) in [7, 11) is 0. The van der Waals surface area contributed by atoms with Crippen LogP contribution in [-0.2, 0) is 38.1 Å². The molecule has 0 radical (unpaired) electrons. The van der Waals surface area contributed by atoms with Crippen molar-refractivity contribution in [2.24, 2.45) is 0 Å². The first kappa shape index (κ1) is 51.9. The second-order valence-corrected chi connectivity index (χ2v) is 12.1. The van der Waals surface area contributed by atoms with Gasteiger partial charge in [0.1, 0.15) is 68.4 Å². The molecule has 0 aliphatic carbocycles. The number of carbonyl (C=O) groups excluding carboxylic acids is 3. The topological polar surface area (TPSA) is 158 Å². The summed E-state index contributed by atoms with van der Waals surface area (Å²) in [5.74, 6) is 28.8. The maximum Gasteiger partial charge on any atom is 0.332 e. The summed E-state index contributed by atoms with van der Waals surface area (Å²) in [6, 6.07) is 0. The molecular weight excluding hydrogens is 700 g/mol. The molecule has 0 saturated heterocycles. The van der Waals surface area contributed by atoms with Crippen molar-refractivity contribution < 1.29 is 53.4 Å². The molecule has 0 aromatic carbocycles. The van der Waals surface area contributed by atoms with E-state index < -0.39 is 17.2 Å². The third-order valence-electron chi connectivity index (χ3n) is 3.29. The first-order valence-corrected chi connectivity index (χ1v) is 16.0. The van der Waals surface area contributed by atoms with Gasteiger partial charge in [0.15, 0.2) is 0 Å². The number of esters is 3. The van der Waals surface area contributed by atoms with E-state index in [9.17, 15) is 14.4 Å². The zero-order chi connectivity index (χ0) is 38.6. The molecule has 0 bridgehead atoms. The Labute approximate surface area is 301 Å². The number of rotatable bonds is 7. The molecule has 11 nitrogen and oxygen atoms in total. The van der Waals surface area contributed by atoms with Crippen LogP contribution in [-0.4, -0.2) is 102 Å². The molecular formula is C37H51BrO11. The monoisotopic (exact) mass is 750 g/mol. The number of aliphatic hydroxyl groups is 3. The second-order valence-electron chi connectivity index (χ2n) is 11.5. The highest BCUT2D eigenvalue weighted by Gasteiger charge is 2.16. The molecule has 0 amide bonds. The fourth-order valence-corrected chi connectivity index (χ4v) is 2.14. The van der Waals surface area contributed by atoms with Gasteiger partial charge >= 0.3 is 17.9 Å². The molecule has 0 aromatic rings. The van der Waals surface area contributed by atoms with Crippen molar-refractivity contribution in [3.8, 4) is 71.0 Å². The molecule has 0 unspecified atom stereocenters. The van der Waals surface area contributed by atoms with Gasteiger partial charge in [-0.2, -0.15) is 0 Å². The molecule has 0 atom stereocenters. The zero-order valence-corrected chi connectivity index (χ0v) is 31.9. The van der Waals surface area contributed by atoms with Gasteiger partial charge in [0.05, 0.1) is 0 Å². The average molecular weight is 752 g/mol. The quantitative estimate of drug-likeness (QED) is 0.116. The van der Waals surface area contributed by atoms with Crippen LogP contribution < -0.4 is 0 Å². The van der Waals surface area contributed by atoms with Crippen molar-refractivity contribution >= 4 is 33.8 Å². The highest BCUT2D eigenvalue weighted by Crippen LogP contribution is 2.08. The molecule has 0 fully saturated rings.